The van der Waals surface area contributed by atoms with E-state index in [-0.39, 0.29) is 17.8 Å². The summed E-state index contributed by atoms with van der Waals surface area (Å²) in [4.78, 5) is 19.0. The maximum Gasteiger partial charge on any atom is 0.320 e. The molecule has 214 valence electrons. The van der Waals surface area contributed by atoms with Gasteiger partial charge in [-0.2, -0.15) is 4.99 Å². The normalized spacial score (nSPS) is 25.0. The third kappa shape index (κ3) is 5.10. The second kappa shape index (κ2) is 12.0. The van der Waals surface area contributed by atoms with Crippen LogP contribution in [0, 0.1) is 17.0 Å². The van der Waals surface area contributed by atoms with Gasteiger partial charge in [-0.05, 0) is 25.3 Å². The highest BCUT2D eigenvalue weighted by molar-refractivity contribution is 5.77. The number of nitrogens with zero attached hydrogens (tertiary/aromatic N) is 3. The van der Waals surface area contributed by atoms with Gasteiger partial charge in [0.1, 0.15) is 17.9 Å². The summed E-state index contributed by atoms with van der Waals surface area (Å²) in [6.45, 7) is 5.44. The van der Waals surface area contributed by atoms with Crippen LogP contribution in [0.4, 0.5) is 0 Å². The molecule has 4 unspecified atom stereocenters. The first-order chi connectivity index (χ1) is 19.8. The summed E-state index contributed by atoms with van der Waals surface area (Å²) in [5.41, 5.74) is 8.54. The number of rotatable bonds is 10. The second-order valence-corrected chi connectivity index (χ2v) is 11.4. The van der Waals surface area contributed by atoms with E-state index in [4.69, 9.17) is 10.7 Å². The number of guanidine groups is 1. The van der Waals surface area contributed by atoms with Crippen molar-refractivity contribution in [3.05, 3.63) is 125 Å². The Labute approximate surface area is 242 Å². The first-order valence-corrected chi connectivity index (χ1v) is 14.6. The molecule has 3 aromatic rings. The van der Waals surface area contributed by atoms with Crippen molar-refractivity contribution in [2.24, 2.45) is 22.6 Å². The Bertz CT molecular complexity index is 1300. The molecule has 2 aliphatic rings. The molecule has 3 N–H and O–H groups in total. The molecule has 0 radical (unpaired) electrons. The largest absolute Gasteiger partial charge is 0.619 e. The van der Waals surface area contributed by atoms with Gasteiger partial charge in [-0.3, -0.25) is 14.3 Å². The Morgan fingerprint density at radius 2 is 1.49 bits per heavy atom. The Kier molecular flexibility index (Phi) is 8.40. The third-order valence-corrected chi connectivity index (χ3v) is 8.84. The monoisotopic (exact) mass is 552 g/mol. The van der Waals surface area contributed by atoms with Gasteiger partial charge in [0, 0.05) is 29.2 Å². The number of aliphatic carboxylic acids is 1. The lowest BCUT2D eigenvalue weighted by atomic mass is 9.75. The van der Waals surface area contributed by atoms with Crippen LogP contribution in [0.5, 0.6) is 0 Å². The fourth-order valence-electron chi connectivity index (χ4n) is 6.73. The fraction of sp³-hybridized carbons (Fsp3) is 0.353. The molecule has 3 aromatic carbocycles. The summed E-state index contributed by atoms with van der Waals surface area (Å²) in [7, 11) is 0. The lowest BCUT2D eigenvalue weighted by Gasteiger charge is -2.52. The number of aliphatic imine (C=N–C) groups is 1. The number of carbonyl (C=O) groups is 1. The molecule has 5 rings (SSSR count). The van der Waals surface area contributed by atoms with Gasteiger partial charge in [0.15, 0.2) is 5.54 Å². The van der Waals surface area contributed by atoms with Crippen molar-refractivity contribution < 1.29 is 14.5 Å². The van der Waals surface area contributed by atoms with Gasteiger partial charge in [0.25, 0.3) is 0 Å². The van der Waals surface area contributed by atoms with Crippen molar-refractivity contribution in [3.63, 3.8) is 0 Å². The minimum absolute atomic E-state index is 0.0208. The lowest BCUT2D eigenvalue weighted by molar-refractivity contribution is -0.788. The number of hydrogen-bond acceptors (Lipinski definition) is 5. The molecule has 1 saturated heterocycles. The van der Waals surface area contributed by atoms with E-state index in [1.807, 2.05) is 91.0 Å². The first kappa shape index (κ1) is 28.7. The summed E-state index contributed by atoms with van der Waals surface area (Å²) in [6.07, 6.45) is 5.24. The molecule has 0 bridgehead atoms. The zero-order valence-electron chi connectivity index (χ0n) is 23.9. The summed E-state index contributed by atoms with van der Waals surface area (Å²) in [5, 5.41) is 25.6. The summed E-state index contributed by atoms with van der Waals surface area (Å²) in [6, 6.07) is 28.8. The maximum absolute atomic E-state index is 15.6. The zero-order valence-corrected chi connectivity index (χ0v) is 23.9. The van der Waals surface area contributed by atoms with Crippen molar-refractivity contribution in [1.82, 2.24) is 4.90 Å². The standard InChI is InChI=1S/C34H40N4O3/c1-3-4-14-21-37-23-29(25(2)22-31(37)32(39)40)30-24-38(41,33(35)36-30)34(26-15-8-5-9-16-26,27-17-10-6-11-18-27)28-19-12-7-13-20-28/h5-13,15-20,24-25,29,31H,3-4,14,21-23H2,1-2H3,(H2,35,36)(H,39,40). The quantitative estimate of drug-likeness (QED) is 0.138. The molecule has 2 aliphatic heterocycles. The Morgan fingerprint density at radius 1 is 0.976 bits per heavy atom. The van der Waals surface area contributed by atoms with Gasteiger partial charge >= 0.3 is 11.9 Å². The van der Waals surface area contributed by atoms with Crippen LogP contribution in [-0.4, -0.2) is 45.7 Å². The van der Waals surface area contributed by atoms with Gasteiger partial charge < -0.3 is 16.0 Å². The number of likely N-dealkylation sites (tertiary alicyclic amines) is 1. The minimum atomic E-state index is -1.25. The number of carboxylic acid groups (broad SMARTS) is 1. The average Bonchev–Trinajstić information content (AvgIpc) is 3.30. The van der Waals surface area contributed by atoms with E-state index < -0.39 is 22.2 Å². The highest BCUT2D eigenvalue weighted by atomic mass is 16.6. The smallest absolute Gasteiger partial charge is 0.320 e. The van der Waals surface area contributed by atoms with Gasteiger partial charge in [-0.1, -0.05) is 118 Å². The number of hydrogen-bond donors (Lipinski definition) is 2. The molecule has 7 heteroatoms. The van der Waals surface area contributed by atoms with Crippen LogP contribution in [0.15, 0.2) is 108 Å². The van der Waals surface area contributed by atoms with Gasteiger partial charge in [0.2, 0.25) is 0 Å². The minimum Gasteiger partial charge on any atom is -0.619 e. The molecule has 2 heterocycles. The predicted octanol–water partition coefficient (Wildman–Crippen LogP) is 6.06. The highest BCUT2D eigenvalue weighted by Gasteiger charge is 2.55. The number of benzene rings is 3. The molecular formula is C34H40N4O3. The number of carboxylic acids is 1. The van der Waals surface area contributed by atoms with E-state index in [0.717, 1.165) is 36.0 Å². The Morgan fingerprint density at radius 3 is 1.95 bits per heavy atom. The van der Waals surface area contributed by atoms with Crippen molar-refractivity contribution in [2.75, 3.05) is 13.1 Å². The predicted molar refractivity (Wildman–Crippen MR) is 162 cm³/mol. The number of hydroxylamine groups is 3. The van der Waals surface area contributed by atoms with Crippen LogP contribution in [0.25, 0.3) is 0 Å². The zero-order chi connectivity index (χ0) is 29.0. The number of piperidine rings is 1. The lowest BCUT2D eigenvalue weighted by Crippen LogP contribution is -2.61. The van der Waals surface area contributed by atoms with Crippen LogP contribution < -0.4 is 5.73 Å². The molecule has 0 aromatic heterocycles. The van der Waals surface area contributed by atoms with E-state index in [1.165, 1.54) is 0 Å². The molecule has 0 saturated carbocycles. The van der Waals surface area contributed by atoms with E-state index in [9.17, 15) is 9.90 Å². The summed E-state index contributed by atoms with van der Waals surface area (Å²) < 4.78 is -0.984. The first-order valence-electron chi connectivity index (χ1n) is 14.6. The van der Waals surface area contributed by atoms with Crippen LogP contribution in [-0.2, 0) is 10.3 Å². The third-order valence-electron chi connectivity index (χ3n) is 8.84. The van der Waals surface area contributed by atoms with Crippen LogP contribution in [0.1, 0.15) is 56.2 Å². The van der Waals surface area contributed by atoms with E-state index in [0.29, 0.717) is 25.2 Å². The number of unbranched alkanes of at least 4 members (excludes halogenated alkanes) is 2. The Hall–Kier alpha value is -3.78. The van der Waals surface area contributed by atoms with Crippen molar-refractivity contribution in [1.29, 1.82) is 0 Å². The topological polar surface area (TPSA) is 102 Å². The summed E-state index contributed by atoms with van der Waals surface area (Å²) >= 11 is 0. The van der Waals surface area contributed by atoms with Gasteiger partial charge in [0.05, 0.1) is 0 Å². The molecule has 1 fully saturated rings. The molecule has 4 atom stereocenters. The SMILES string of the molecule is CCCCCN1CC(C2=C[N+]([O-])(C(c3ccccc3)(c3ccccc3)c3ccccc3)C(N)=N2)C(C)CC1C(=O)O. The van der Waals surface area contributed by atoms with E-state index in [2.05, 4.69) is 18.7 Å². The Balaban J connectivity index is 1.65. The van der Waals surface area contributed by atoms with Crippen LogP contribution in [0.2, 0.25) is 0 Å². The van der Waals surface area contributed by atoms with Gasteiger partial charge in [-0.15, -0.1) is 0 Å². The molecule has 0 spiro atoms. The van der Waals surface area contributed by atoms with Crippen LogP contribution in [0.3, 0.4) is 0 Å². The van der Waals surface area contributed by atoms with E-state index >= 15 is 5.21 Å². The molecule has 41 heavy (non-hydrogen) atoms. The van der Waals surface area contributed by atoms with Crippen LogP contribution >= 0.6 is 0 Å². The average molecular weight is 553 g/mol. The number of quaternary nitrogens is 1. The molecule has 0 aliphatic carbocycles. The summed E-state index contributed by atoms with van der Waals surface area (Å²) in [5.74, 6) is -0.908. The van der Waals surface area contributed by atoms with Crippen molar-refractivity contribution in [2.45, 2.75) is 51.1 Å². The van der Waals surface area contributed by atoms with Crippen molar-refractivity contribution >= 4 is 11.9 Å². The molecule has 7 nitrogen and oxygen atoms in total. The van der Waals surface area contributed by atoms with Gasteiger partial charge in [-0.25, -0.2) is 0 Å². The maximum atomic E-state index is 15.6. The fourth-order valence-corrected chi connectivity index (χ4v) is 6.73. The highest BCUT2D eigenvalue weighted by Crippen LogP contribution is 2.50. The van der Waals surface area contributed by atoms with Crippen molar-refractivity contribution in [3.8, 4) is 0 Å². The van der Waals surface area contributed by atoms with E-state index in [1.54, 1.807) is 6.20 Å². The second-order valence-electron chi connectivity index (χ2n) is 11.4. The molecular weight excluding hydrogens is 512 g/mol. The molecule has 0 amide bonds. The number of nitrogens with two attached hydrogens (primary N) is 1.